The summed E-state index contributed by atoms with van der Waals surface area (Å²) in [6.45, 7) is 1.26. The maximum Gasteiger partial charge on any atom is 0.260 e. The number of nitriles is 1. The molecule has 0 unspecified atom stereocenters. The number of nitrogens with zero attached hydrogens (tertiary/aromatic N) is 6. The Labute approximate surface area is 173 Å². The fraction of sp³-hybridized carbons (Fsp3) is 0.450. The van der Waals surface area contributed by atoms with Crippen LogP contribution in [-0.4, -0.2) is 64.8 Å². The molecule has 1 amide bonds. The number of amides is 1. The van der Waals surface area contributed by atoms with Gasteiger partial charge in [0.2, 0.25) is 5.95 Å². The van der Waals surface area contributed by atoms with Gasteiger partial charge in [0.25, 0.3) is 5.91 Å². The van der Waals surface area contributed by atoms with Crippen LogP contribution in [0.3, 0.4) is 0 Å². The van der Waals surface area contributed by atoms with Gasteiger partial charge < -0.3 is 19.3 Å². The maximum absolute atomic E-state index is 15.6. The SMILES string of the molecule is COc1cnc(N2CCC(F)(C(=O)N3CCOc4c(C#N)cncc4C3)CC2)nc1. The Kier molecular flexibility index (Phi) is 5.35. The molecule has 0 N–H and O–H groups in total. The van der Waals surface area contributed by atoms with Crippen molar-refractivity contribution in [2.24, 2.45) is 0 Å². The summed E-state index contributed by atoms with van der Waals surface area (Å²) in [4.78, 5) is 28.9. The molecular formula is C20H21FN6O3. The first-order valence-corrected chi connectivity index (χ1v) is 9.63. The van der Waals surface area contributed by atoms with E-state index in [-0.39, 0.29) is 32.5 Å². The standard InChI is InChI=1S/C20H21FN6O3/c1-29-16-11-24-19(25-12-16)26-4-2-20(21,3-5-26)18(28)27-6-7-30-17-14(8-22)9-23-10-15(17)13-27/h9-12H,2-7,13H2,1H3. The molecular weight excluding hydrogens is 391 g/mol. The first-order valence-electron chi connectivity index (χ1n) is 9.63. The molecule has 2 aromatic rings. The Morgan fingerprint density at radius 1 is 1.23 bits per heavy atom. The fourth-order valence-corrected chi connectivity index (χ4v) is 3.71. The molecule has 4 rings (SSSR count). The number of rotatable bonds is 3. The van der Waals surface area contributed by atoms with Gasteiger partial charge in [0, 0.05) is 43.9 Å². The molecule has 0 aliphatic carbocycles. The summed E-state index contributed by atoms with van der Waals surface area (Å²) in [6, 6.07) is 2.04. The van der Waals surface area contributed by atoms with Gasteiger partial charge in [-0.3, -0.25) is 9.78 Å². The molecule has 4 heterocycles. The Balaban J connectivity index is 1.45. The lowest BCUT2D eigenvalue weighted by atomic mass is 9.91. The van der Waals surface area contributed by atoms with Gasteiger partial charge in [-0.15, -0.1) is 0 Å². The van der Waals surface area contributed by atoms with E-state index >= 15 is 4.39 Å². The normalized spacial score (nSPS) is 17.9. The largest absolute Gasteiger partial charge is 0.494 e. The van der Waals surface area contributed by atoms with E-state index in [1.807, 2.05) is 11.0 Å². The van der Waals surface area contributed by atoms with Crippen molar-refractivity contribution in [2.75, 3.05) is 38.3 Å². The minimum atomic E-state index is -1.96. The molecule has 1 fully saturated rings. The molecule has 0 aromatic carbocycles. The van der Waals surface area contributed by atoms with Crippen molar-refractivity contribution in [3.8, 4) is 17.6 Å². The van der Waals surface area contributed by atoms with Crippen molar-refractivity contribution >= 4 is 11.9 Å². The number of pyridine rings is 1. The summed E-state index contributed by atoms with van der Waals surface area (Å²) in [5.74, 6) is 0.889. The van der Waals surface area contributed by atoms with Gasteiger partial charge in [-0.2, -0.15) is 5.26 Å². The lowest BCUT2D eigenvalue weighted by Crippen LogP contribution is -2.53. The Morgan fingerprint density at radius 3 is 2.63 bits per heavy atom. The summed E-state index contributed by atoms with van der Waals surface area (Å²) in [5, 5.41) is 9.22. The van der Waals surface area contributed by atoms with Gasteiger partial charge in [-0.05, 0) is 0 Å². The first kappa shape index (κ1) is 19.8. The van der Waals surface area contributed by atoms with Crippen molar-refractivity contribution in [3.05, 3.63) is 35.9 Å². The zero-order valence-electron chi connectivity index (χ0n) is 16.5. The predicted molar refractivity (Wildman–Crippen MR) is 104 cm³/mol. The second-order valence-corrected chi connectivity index (χ2v) is 7.24. The van der Waals surface area contributed by atoms with Crippen molar-refractivity contribution in [2.45, 2.75) is 25.1 Å². The summed E-state index contributed by atoms with van der Waals surface area (Å²) >= 11 is 0. The fourth-order valence-electron chi connectivity index (χ4n) is 3.71. The maximum atomic E-state index is 15.6. The average molecular weight is 412 g/mol. The summed E-state index contributed by atoms with van der Waals surface area (Å²) in [5.41, 5.74) is -1.05. The third-order valence-electron chi connectivity index (χ3n) is 5.42. The number of methoxy groups -OCH3 is 1. The highest BCUT2D eigenvalue weighted by Gasteiger charge is 2.45. The topological polar surface area (TPSA) is 104 Å². The number of anilines is 1. The zero-order valence-corrected chi connectivity index (χ0v) is 16.5. The molecule has 0 spiro atoms. The lowest BCUT2D eigenvalue weighted by Gasteiger charge is -2.37. The third kappa shape index (κ3) is 3.70. The van der Waals surface area contributed by atoms with Crippen LogP contribution in [0.2, 0.25) is 0 Å². The molecule has 0 bridgehead atoms. The number of fused-ring (bicyclic) bond motifs is 1. The van der Waals surface area contributed by atoms with Crippen molar-refractivity contribution < 1.29 is 18.7 Å². The van der Waals surface area contributed by atoms with Crippen LogP contribution in [0.25, 0.3) is 0 Å². The quantitative estimate of drug-likeness (QED) is 0.747. The van der Waals surface area contributed by atoms with Gasteiger partial charge >= 0.3 is 0 Å². The lowest BCUT2D eigenvalue weighted by molar-refractivity contribution is -0.146. The van der Waals surface area contributed by atoms with Crippen LogP contribution < -0.4 is 14.4 Å². The molecule has 0 saturated carbocycles. The molecule has 2 aromatic heterocycles. The molecule has 9 nitrogen and oxygen atoms in total. The molecule has 10 heteroatoms. The highest BCUT2D eigenvalue weighted by Crippen LogP contribution is 2.33. The van der Waals surface area contributed by atoms with Gasteiger partial charge in [0.1, 0.15) is 24.0 Å². The van der Waals surface area contributed by atoms with Crippen LogP contribution in [0, 0.1) is 11.3 Å². The Morgan fingerprint density at radius 2 is 1.97 bits per heavy atom. The minimum Gasteiger partial charge on any atom is -0.494 e. The monoisotopic (exact) mass is 412 g/mol. The summed E-state index contributed by atoms with van der Waals surface area (Å²) in [6.07, 6.45) is 6.18. The highest BCUT2D eigenvalue weighted by atomic mass is 19.1. The molecule has 156 valence electrons. The van der Waals surface area contributed by atoms with E-state index < -0.39 is 11.6 Å². The number of ether oxygens (including phenoxy) is 2. The molecule has 0 radical (unpaired) electrons. The van der Waals surface area contributed by atoms with Crippen molar-refractivity contribution in [1.29, 1.82) is 5.26 Å². The Bertz CT molecular complexity index is 969. The van der Waals surface area contributed by atoms with E-state index in [0.717, 1.165) is 0 Å². The molecule has 1 saturated heterocycles. The zero-order chi connectivity index (χ0) is 21.1. The third-order valence-corrected chi connectivity index (χ3v) is 5.42. The number of halogens is 1. The number of carbonyl (C=O) groups excluding carboxylic acids is 1. The second-order valence-electron chi connectivity index (χ2n) is 7.24. The van der Waals surface area contributed by atoms with E-state index in [4.69, 9.17) is 9.47 Å². The van der Waals surface area contributed by atoms with Crippen LogP contribution in [0.15, 0.2) is 24.8 Å². The van der Waals surface area contributed by atoms with E-state index in [2.05, 4.69) is 15.0 Å². The second kappa shape index (κ2) is 8.10. The Hall–Kier alpha value is -3.48. The van der Waals surface area contributed by atoms with Crippen LogP contribution in [0.1, 0.15) is 24.0 Å². The number of alkyl halides is 1. The average Bonchev–Trinajstić information content (AvgIpc) is 3.01. The minimum absolute atomic E-state index is 0.0436. The van der Waals surface area contributed by atoms with Crippen LogP contribution in [0.5, 0.6) is 11.5 Å². The smallest absolute Gasteiger partial charge is 0.260 e. The van der Waals surface area contributed by atoms with E-state index in [0.29, 0.717) is 41.7 Å². The van der Waals surface area contributed by atoms with Gasteiger partial charge in [-0.25, -0.2) is 14.4 Å². The molecule has 2 aliphatic heterocycles. The number of aromatic nitrogens is 3. The summed E-state index contributed by atoms with van der Waals surface area (Å²) in [7, 11) is 1.53. The van der Waals surface area contributed by atoms with Gasteiger partial charge in [0.15, 0.2) is 11.4 Å². The highest BCUT2D eigenvalue weighted by molar-refractivity contribution is 5.85. The van der Waals surface area contributed by atoms with E-state index in [9.17, 15) is 10.1 Å². The van der Waals surface area contributed by atoms with E-state index in [1.54, 1.807) is 18.6 Å². The summed E-state index contributed by atoms with van der Waals surface area (Å²) < 4.78 is 26.3. The number of piperidine rings is 1. The molecule has 2 aliphatic rings. The number of hydrogen-bond donors (Lipinski definition) is 0. The van der Waals surface area contributed by atoms with Crippen LogP contribution >= 0.6 is 0 Å². The van der Waals surface area contributed by atoms with Crippen molar-refractivity contribution in [3.63, 3.8) is 0 Å². The van der Waals surface area contributed by atoms with Crippen LogP contribution in [-0.2, 0) is 11.3 Å². The van der Waals surface area contributed by atoms with Crippen molar-refractivity contribution in [1.82, 2.24) is 19.9 Å². The van der Waals surface area contributed by atoms with Gasteiger partial charge in [0.05, 0.1) is 32.6 Å². The van der Waals surface area contributed by atoms with Gasteiger partial charge in [-0.1, -0.05) is 0 Å². The first-order chi connectivity index (χ1) is 14.5. The number of hydrogen-bond acceptors (Lipinski definition) is 8. The predicted octanol–water partition coefficient (Wildman–Crippen LogP) is 1.48. The molecule has 0 atom stereocenters. The van der Waals surface area contributed by atoms with E-state index in [1.165, 1.54) is 18.2 Å². The van der Waals surface area contributed by atoms with Crippen LogP contribution in [0.4, 0.5) is 10.3 Å². The number of carbonyl (C=O) groups is 1. The molecule has 30 heavy (non-hydrogen) atoms.